The van der Waals surface area contributed by atoms with Crippen LogP contribution in [0.3, 0.4) is 0 Å². The Labute approximate surface area is 110 Å². The van der Waals surface area contributed by atoms with Crippen LogP contribution in [0.15, 0.2) is 36.7 Å². The molecular weight excluding hydrogens is 257 g/mol. The van der Waals surface area contributed by atoms with Crippen molar-refractivity contribution in [3.05, 3.63) is 52.3 Å². The van der Waals surface area contributed by atoms with Gasteiger partial charge in [0.05, 0.1) is 6.04 Å². The van der Waals surface area contributed by atoms with Gasteiger partial charge in [-0.2, -0.15) is 0 Å². The molecule has 0 aliphatic heterocycles. The number of hydrogen-bond donors (Lipinski definition) is 1. The molecule has 3 nitrogen and oxygen atoms in total. The molecule has 5 heteroatoms. The van der Waals surface area contributed by atoms with Gasteiger partial charge in [0.15, 0.2) is 0 Å². The van der Waals surface area contributed by atoms with Crippen LogP contribution in [-0.2, 0) is 0 Å². The van der Waals surface area contributed by atoms with E-state index < -0.39 is 0 Å². The van der Waals surface area contributed by atoms with Gasteiger partial charge >= 0.3 is 0 Å². The summed E-state index contributed by atoms with van der Waals surface area (Å²) in [5.74, 6) is 0.575. The van der Waals surface area contributed by atoms with Gasteiger partial charge in [-0.3, -0.25) is 0 Å². The van der Waals surface area contributed by atoms with Gasteiger partial charge in [0, 0.05) is 22.4 Å². The summed E-state index contributed by atoms with van der Waals surface area (Å²) in [7, 11) is 0. The van der Waals surface area contributed by atoms with E-state index in [2.05, 4.69) is 15.3 Å². The first-order valence-corrected chi connectivity index (χ1v) is 5.91. The molecule has 17 heavy (non-hydrogen) atoms. The number of nitrogens with one attached hydrogen (secondary N) is 1. The maximum absolute atomic E-state index is 6.13. The highest BCUT2D eigenvalue weighted by Gasteiger charge is 2.10. The van der Waals surface area contributed by atoms with Gasteiger partial charge < -0.3 is 5.32 Å². The average molecular weight is 268 g/mol. The first-order valence-electron chi connectivity index (χ1n) is 5.15. The number of rotatable bonds is 3. The molecule has 1 unspecified atom stereocenters. The first kappa shape index (κ1) is 12.1. The van der Waals surface area contributed by atoms with Gasteiger partial charge in [-0.25, -0.2) is 9.97 Å². The van der Waals surface area contributed by atoms with Crippen molar-refractivity contribution in [2.24, 2.45) is 0 Å². The number of halogens is 2. The van der Waals surface area contributed by atoms with Crippen molar-refractivity contribution in [3.8, 4) is 0 Å². The molecule has 1 heterocycles. The summed E-state index contributed by atoms with van der Waals surface area (Å²) in [4.78, 5) is 8.20. The van der Waals surface area contributed by atoms with Crippen LogP contribution in [0.1, 0.15) is 18.5 Å². The molecule has 1 N–H and O–H groups in total. The average Bonchev–Trinajstić information content (AvgIpc) is 2.30. The third-order valence-electron chi connectivity index (χ3n) is 2.34. The van der Waals surface area contributed by atoms with Crippen molar-refractivity contribution in [1.82, 2.24) is 9.97 Å². The molecule has 0 aliphatic rings. The second kappa shape index (κ2) is 5.34. The maximum atomic E-state index is 6.13. The Hall–Kier alpha value is -1.32. The number of aromatic nitrogens is 2. The maximum Gasteiger partial charge on any atom is 0.223 e. The van der Waals surface area contributed by atoms with Crippen molar-refractivity contribution in [2.45, 2.75) is 13.0 Å². The molecule has 1 atom stereocenters. The Kier molecular flexibility index (Phi) is 3.82. The molecule has 0 aliphatic carbocycles. The quantitative estimate of drug-likeness (QED) is 0.915. The van der Waals surface area contributed by atoms with Crippen molar-refractivity contribution in [3.63, 3.8) is 0 Å². The highest BCUT2D eigenvalue weighted by atomic mass is 35.5. The second-order valence-electron chi connectivity index (χ2n) is 3.60. The minimum absolute atomic E-state index is 0.0159. The zero-order valence-electron chi connectivity index (χ0n) is 9.19. The van der Waals surface area contributed by atoms with E-state index in [9.17, 15) is 0 Å². The van der Waals surface area contributed by atoms with Crippen molar-refractivity contribution in [1.29, 1.82) is 0 Å². The van der Waals surface area contributed by atoms with E-state index in [-0.39, 0.29) is 6.04 Å². The molecule has 0 bridgehead atoms. The van der Waals surface area contributed by atoms with Gasteiger partial charge in [-0.1, -0.05) is 29.3 Å². The van der Waals surface area contributed by atoms with Gasteiger partial charge in [0.1, 0.15) is 0 Å². The Bertz CT molecular complexity index is 502. The molecule has 88 valence electrons. The van der Waals surface area contributed by atoms with Gasteiger partial charge in [-0.05, 0) is 30.7 Å². The fourth-order valence-corrected chi connectivity index (χ4v) is 2.07. The second-order valence-corrected chi connectivity index (χ2v) is 4.45. The topological polar surface area (TPSA) is 37.8 Å². The lowest BCUT2D eigenvalue weighted by atomic mass is 10.1. The first-order chi connectivity index (χ1) is 8.16. The molecule has 0 fully saturated rings. The highest BCUT2D eigenvalue weighted by Crippen LogP contribution is 2.27. The monoisotopic (exact) mass is 267 g/mol. The number of anilines is 1. The summed E-state index contributed by atoms with van der Waals surface area (Å²) in [6.45, 7) is 1.99. The van der Waals surface area contributed by atoms with Crippen LogP contribution < -0.4 is 5.32 Å². The Morgan fingerprint density at radius 3 is 2.53 bits per heavy atom. The van der Waals surface area contributed by atoms with E-state index >= 15 is 0 Å². The molecule has 0 amide bonds. The third-order valence-corrected chi connectivity index (χ3v) is 2.90. The highest BCUT2D eigenvalue weighted by molar-refractivity contribution is 6.35. The molecule has 0 spiro atoms. The Morgan fingerprint density at radius 2 is 1.88 bits per heavy atom. The van der Waals surface area contributed by atoms with Crippen molar-refractivity contribution >= 4 is 29.2 Å². The lowest BCUT2D eigenvalue weighted by Gasteiger charge is -2.15. The third kappa shape index (κ3) is 3.08. The number of hydrogen-bond acceptors (Lipinski definition) is 3. The fraction of sp³-hybridized carbons (Fsp3) is 0.167. The minimum Gasteiger partial charge on any atom is -0.348 e. The largest absolute Gasteiger partial charge is 0.348 e. The molecule has 1 aromatic carbocycles. The molecule has 2 rings (SSSR count). The normalized spacial score (nSPS) is 12.2. The van der Waals surface area contributed by atoms with Crippen LogP contribution in [0.25, 0.3) is 0 Å². The zero-order valence-corrected chi connectivity index (χ0v) is 10.7. The van der Waals surface area contributed by atoms with Crippen LogP contribution in [0, 0.1) is 0 Å². The van der Waals surface area contributed by atoms with E-state index in [4.69, 9.17) is 23.2 Å². The molecule has 1 aromatic heterocycles. The van der Waals surface area contributed by atoms with Crippen molar-refractivity contribution < 1.29 is 0 Å². The van der Waals surface area contributed by atoms with Crippen LogP contribution in [0.2, 0.25) is 10.0 Å². The Balaban J connectivity index is 2.17. The SMILES string of the molecule is CC(Nc1ncccn1)c1ccc(Cl)cc1Cl. The smallest absolute Gasteiger partial charge is 0.223 e. The fourth-order valence-electron chi connectivity index (χ4n) is 1.50. The van der Waals surface area contributed by atoms with Crippen LogP contribution in [0.5, 0.6) is 0 Å². The lowest BCUT2D eigenvalue weighted by Crippen LogP contribution is -2.09. The van der Waals surface area contributed by atoms with E-state index in [0.717, 1.165) is 5.56 Å². The minimum atomic E-state index is 0.0159. The summed E-state index contributed by atoms with van der Waals surface area (Å²) in [6.07, 6.45) is 3.37. The molecule has 2 aromatic rings. The van der Waals surface area contributed by atoms with E-state index in [1.54, 1.807) is 24.5 Å². The van der Waals surface area contributed by atoms with Crippen LogP contribution in [0.4, 0.5) is 5.95 Å². The molecular formula is C12H11Cl2N3. The van der Waals surface area contributed by atoms with E-state index in [1.807, 2.05) is 19.1 Å². The van der Waals surface area contributed by atoms with Crippen LogP contribution >= 0.6 is 23.2 Å². The van der Waals surface area contributed by atoms with Crippen molar-refractivity contribution in [2.75, 3.05) is 5.32 Å². The van der Waals surface area contributed by atoms with Gasteiger partial charge in [-0.15, -0.1) is 0 Å². The molecule has 0 radical (unpaired) electrons. The van der Waals surface area contributed by atoms with Gasteiger partial charge in [0.25, 0.3) is 0 Å². The predicted octanol–water partition coefficient (Wildman–Crippen LogP) is 3.96. The molecule has 0 saturated carbocycles. The summed E-state index contributed by atoms with van der Waals surface area (Å²) in [5.41, 5.74) is 0.962. The van der Waals surface area contributed by atoms with Gasteiger partial charge in [0.2, 0.25) is 5.95 Å². The number of benzene rings is 1. The Morgan fingerprint density at radius 1 is 1.18 bits per heavy atom. The lowest BCUT2D eigenvalue weighted by molar-refractivity contribution is 0.861. The van der Waals surface area contributed by atoms with E-state index in [0.29, 0.717) is 16.0 Å². The molecule has 0 saturated heterocycles. The zero-order chi connectivity index (χ0) is 12.3. The van der Waals surface area contributed by atoms with E-state index in [1.165, 1.54) is 0 Å². The number of nitrogens with zero attached hydrogens (tertiary/aromatic N) is 2. The summed E-state index contributed by atoms with van der Waals surface area (Å²) in [5, 5.41) is 4.43. The summed E-state index contributed by atoms with van der Waals surface area (Å²) < 4.78 is 0. The summed E-state index contributed by atoms with van der Waals surface area (Å²) >= 11 is 12.0. The van der Waals surface area contributed by atoms with Crippen LogP contribution in [-0.4, -0.2) is 9.97 Å². The predicted molar refractivity (Wildman–Crippen MR) is 70.5 cm³/mol. The summed E-state index contributed by atoms with van der Waals surface area (Å²) in [6, 6.07) is 7.22. The standard InChI is InChI=1S/C12H11Cl2N3/c1-8(17-12-15-5-2-6-16-12)10-4-3-9(13)7-11(10)14/h2-8H,1H3,(H,15,16,17).